The molecule has 4 nitrogen and oxygen atoms in total. The van der Waals surface area contributed by atoms with Crippen molar-refractivity contribution in [1.29, 1.82) is 0 Å². The summed E-state index contributed by atoms with van der Waals surface area (Å²) in [4.78, 5) is 13.7. The van der Waals surface area contributed by atoms with E-state index >= 15 is 0 Å². The zero-order valence-electron chi connectivity index (χ0n) is 11.9. The van der Waals surface area contributed by atoms with Crippen molar-refractivity contribution >= 4 is 34.8 Å². The molecule has 0 aliphatic rings. The summed E-state index contributed by atoms with van der Waals surface area (Å²) in [5, 5.41) is 7.09. The molecule has 0 spiro atoms. The van der Waals surface area contributed by atoms with Crippen LogP contribution in [0.2, 0.25) is 10.0 Å². The van der Waals surface area contributed by atoms with Gasteiger partial charge >= 0.3 is 0 Å². The van der Waals surface area contributed by atoms with Crippen LogP contribution in [0.15, 0.2) is 18.2 Å². The number of carbonyl (C=O) groups excluding carboxylic acids is 1. The second kappa shape index (κ2) is 9.06. The molecule has 20 heavy (non-hydrogen) atoms. The van der Waals surface area contributed by atoms with Crippen molar-refractivity contribution in [2.45, 2.75) is 12.8 Å². The minimum Gasteiger partial charge on any atom is -0.382 e. The van der Waals surface area contributed by atoms with Gasteiger partial charge in [-0.25, -0.2) is 0 Å². The molecule has 0 bridgehead atoms. The van der Waals surface area contributed by atoms with Crippen LogP contribution in [0.1, 0.15) is 12.8 Å². The molecule has 1 aromatic carbocycles. The zero-order chi connectivity index (χ0) is 15.0. The standard InChI is InChI=1S/C14H21Cl2N3O/c1-19(2)10-4-8-17-13(20)7-9-18-14-11(15)5-3-6-12(14)16/h3,5-6,18H,4,7-10H2,1-2H3,(H,17,20). The molecule has 0 fully saturated rings. The van der Waals surface area contributed by atoms with E-state index in [9.17, 15) is 4.79 Å². The van der Waals surface area contributed by atoms with Crippen molar-refractivity contribution in [3.8, 4) is 0 Å². The fourth-order valence-electron chi connectivity index (χ4n) is 1.68. The Morgan fingerprint density at radius 1 is 1.20 bits per heavy atom. The second-order valence-corrected chi connectivity index (χ2v) is 5.59. The summed E-state index contributed by atoms with van der Waals surface area (Å²) in [6.07, 6.45) is 1.34. The van der Waals surface area contributed by atoms with E-state index in [4.69, 9.17) is 23.2 Å². The number of para-hydroxylation sites is 1. The number of hydrogen-bond acceptors (Lipinski definition) is 3. The number of hydrogen-bond donors (Lipinski definition) is 2. The fraction of sp³-hybridized carbons (Fsp3) is 0.500. The van der Waals surface area contributed by atoms with Gasteiger partial charge in [-0.15, -0.1) is 0 Å². The highest BCUT2D eigenvalue weighted by Gasteiger charge is 2.06. The molecule has 0 aromatic heterocycles. The van der Waals surface area contributed by atoms with Crippen LogP contribution in [0.5, 0.6) is 0 Å². The maximum atomic E-state index is 11.6. The number of nitrogens with one attached hydrogen (secondary N) is 2. The number of anilines is 1. The normalized spacial score (nSPS) is 10.7. The maximum Gasteiger partial charge on any atom is 0.221 e. The number of nitrogens with zero attached hydrogens (tertiary/aromatic N) is 1. The molecule has 1 aromatic rings. The highest BCUT2D eigenvalue weighted by molar-refractivity contribution is 6.39. The molecule has 0 radical (unpaired) electrons. The van der Waals surface area contributed by atoms with Crippen LogP contribution in [0.25, 0.3) is 0 Å². The summed E-state index contributed by atoms with van der Waals surface area (Å²) in [6, 6.07) is 5.31. The largest absolute Gasteiger partial charge is 0.382 e. The average molecular weight is 318 g/mol. The van der Waals surface area contributed by atoms with Crippen LogP contribution in [0.3, 0.4) is 0 Å². The third-order valence-electron chi connectivity index (χ3n) is 2.72. The van der Waals surface area contributed by atoms with Crippen molar-refractivity contribution in [3.05, 3.63) is 28.2 Å². The minimum atomic E-state index is 0.0273. The molecule has 2 N–H and O–H groups in total. The number of halogens is 2. The lowest BCUT2D eigenvalue weighted by atomic mass is 10.3. The van der Waals surface area contributed by atoms with Gasteiger partial charge < -0.3 is 15.5 Å². The Morgan fingerprint density at radius 3 is 2.45 bits per heavy atom. The van der Waals surface area contributed by atoms with Gasteiger partial charge in [0.05, 0.1) is 15.7 Å². The predicted molar refractivity (Wildman–Crippen MR) is 85.7 cm³/mol. The lowest BCUT2D eigenvalue weighted by molar-refractivity contribution is -0.120. The van der Waals surface area contributed by atoms with Gasteiger partial charge in [0.15, 0.2) is 0 Å². The lowest BCUT2D eigenvalue weighted by Gasteiger charge is -2.11. The van der Waals surface area contributed by atoms with Crippen molar-refractivity contribution < 1.29 is 4.79 Å². The first-order valence-electron chi connectivity index (χ1n) is 6.60. The molecule has 1 rings (SSSR count). The molecule has 0 aliphatic carbocycles. The van der Waals surface area contributed by atoms with Crippen molar-refractivity contribution in [1.82, 2.24) is 10.2 Å². The Kier molecular flexibility index (Phi) is 7.73. The van der Waals surface area contributed by atoms with E-state index in [0.29, 0.717) is 35.2 Å². The molecule has 1 amide bonds. The van der Waals surface area contributed by atoms with E-state index in [1.807, 2.05) is 14.1 Å². The van der Waals surface area contributed by atoms with E-state index < -0.39 is 0 Å². The smallest absolute Gasteiger partial charge is 0.221 e. The number of amides is 1. The van der Waals surface area contributed by atoms with Crippen LogP contribution >= 0.6 is 23.2 Å². The van der Waals surface area contributed by atoms with Gasteiger partial charge in [0.25, 0.3) is 0 Å². The number of carbonyl (C=O) groups is 1. The molecule has 0 aliphatic heterocycles. The molecule has 6 heteroatoms. The number of rotatable bonds is 8. The zero-order valence-corrected chi connectivity index (χ0v) is 13.4. The molecular weight excluding hydrogens is 297 g/mol. The second-order valence-electron chi connectivity index (χ2n) is 4.78. The first kappa shape index (κ1) is 17.1. The molecular formula is C14H21Cl2N3O. The number of benzene rings is 1. The Bertz CT molecular complexity index is 418. The topological polar surface area (TPSA) is 44.4 Å². The first-order valence-corrected chi connectivity index (χ1v) is 7.35. The Morgan fingerprint density at radius 2 is 1.85 bits per heavy atom. The van der Waals surface area contributed by atoms with Gasteiger partial charge in [0.2, 0.25) is 5.91 Å². The summed E-state index contributed by atoms with van der Waals surface area (Å²) in [7, 11) is 4.03. The molecule has 0 heterocycles. The summed E-state index contributed by atoms with van der Waals surface area (Å²) in [5.41, 5.74) is 0.677. The lowest BCUT2D eigenvalue weighted by Crippen LogP contribution is -2.28. The van der Waals surface area contributed by atoms with Crippen LogP contribution in [-0.2, 0) is 4.79 Å². The van der Waals surface area contributed by atoms with Crippen LogP contribution in [-0.4, -0.2) is 44.5 Å². The first-order chi connectivity index (χ1) is 9.50. The van der Waals surface area contributed by atoms with Crippen LogP contribution in [0, 0.1) is 0 Å². The Hall–Kier alpha value is -0.970. The van der Waals surface area contributed by atoms with Gasteiger partial charge in [-0.1, -0.05) is 29.3 Å². The van der Waals surface area contributed by atoms with Gasteiger partial charge in [0, 0.05) is 19.5 Å². The van der Waals surface area contributed by atoms with E-state index in [1.165, 1.54) is 0 Å². The summed E-state index contributed by atoms with van der Waals surface area (Å²) in [6.45, 7) is 2.17. The van der Waals surface area contributed by atoms with E-state index in [2.05, 4.69) is 15.5 Å². The third-order valence-corrected chi connectivity index (χ3v) is 3.35. The maximum absolute atomic E-state index is 11.6. The Balaban J connectivity index is 2.22. The summed E-state index contributed by atoms with van der Waals surface area (Å²) < 4.78 is 0. The van der Waals surface area contributed by atoms with Gasteiger partial charge in [0.1, 0.15) is 0 Å². The van der Waals surface area contributed by atoms with Crippen LogP contribution in [0.4, 0.5) is 5.69 Å². The molecule has 0 atom stereocenters. The van der Waals surface area contributed by atoms with Crippen molar-refractivity contribution in [3.63, 3.8) is 0 Å². The van der Waals surface area contributed by atoms with Crippen molar-refractivity contribution in [2.24, 2.45) is 0 Å². The van der Waals surface area contributed by atoms with E-state index in [-0.39, 0.29) is 5.91 Å². The average Bonchev–Trinajstić information content (AvgIpc) is 2.38. The quantitative estimate of drug-likeness (QED) is 0.725. The molecule has 112 valence electrons. The monoisotopic (exact) mass is 317 g/mol. The van der Waals surface area contributed by atoms with Crippen LogP contribution < -0.4 is 10.6 Å². The Labute approximate surface area is 130 Å². The minimum absolute atomic E-state index is 0.0273. The summed E-state index contributed by atoms with van der Waals surface area (Å²) in [5.74, 6) is 0.0273. The molecule has 0 unspecified atom stereocenters. The van der Waals surface area contributed by atoms with Crippen molar-refractivity contribution in [2.75, 3.05) is 39.0 Å². The van der Waals surface area contributed by atoms with Gasteiger partial charge in [-0.05, 0) is 39.2 Å². The SMILES string of the molecule is CN(C)CCCNC(=O)CCNc1c(Cl)cccc1Cl. The highest BCUT2D eigenvalue weighted by Crippen LogP contribution is 2.29. The third kappa shape index (κ3) is 6.46. The summed E-state index contributed by atoms with van der Waals surface area (Å²) >= 11 is 12.0. The molecule has 0 saturated carbocycles. The van der Waals surface area contributed by atoms with E-state index in [0.717, 1.165) is 13.0 Å². The highest BCUT2D eigenvalue weighted by atomic mass is 35.5. The molecule has 0 saturated heterocycles. The van der Waals surface area contributed by atoms with Gasteiger partial charge in [-0.3, -0.25) is 4.79 Å². The van der Waals surface area contributed by atoms with Gasteiger partial charge in [-0.2, -0.15) is 0 Å². The predicted octanol–water partition coefficient (Wildman–Crippen LogP) is 2.86. The fourth-order valence-corrected chi connectivity index (χ4v) is 2.21. The van der Waals surface area contributed by atoms with E-state index in [1.54, 1.807) is 18.2 Å².